The molecule has 0 aromatic rings. The van der Waals surface area contributed by atoms with Gasteiger partial charge in [-0.15, -0.1) is 6.58 Å². The van der Waals surface area contributed by atoms with E-state index in [2.05, 4.69) is 6.58 Å². The molecule has 0 saturated heterocycles. The predicted octanol–water partition coefficient (Wildman–Crippen LogP) is 4.16. The molecule has 0 spiro atoms. The lowest BCUT2D eigenvalue weighted by molar-refractivity contribution is -0.147. The minimum Gasteiger partial charge on any atom is -0.481 e. The highest BCUT2D eigenvalue weighted by atomic mass is 35.6. The Balaban J connectivity index is 5.42. The van der Waals surface area contributed by atoms with E-state index in [-0.39, 0.29) is 5.92 Å². The van der Waals surface area contributed by atoms with Crippen molar-refractivity contribution in [2.24, 2.45) is 17.3 Å². The molecule has 7 nitrogen and oxygen atoms in total. The van der Waals surface area contributed by atoms with Gasteiger partial charge in [-0.1, -0.05) is 68.6 Å². The molecule has 0 heterocycles. The van der Waals surface area contributed by atoms with Crippen LogP contribution in [0, 0.1) is 17.3 Å². The molecule has 0 rings (SSSR count). The number of ether oxygens (including phenoxy) is 2. The summed E-state index contributed by atoms with van der Waals surface area (Å²) in [7, 11) is 0. The van der Waals surface area contributed by atoms with Crippen LogP contribution in [0.15, 0.2) is 12.7 Å². The van der Waals surface area contributed by atoms with E-state index in [4.69, 9.17) is 49.4 Å². The Labute approximate surface area is 179 Å². The number of hydrogen-bond donors (Lipinski definition) is 2. The number of Topliss-reactive ketones (excluding diaryl/α,β-unsaturated/α-hetero) is 1. The topological polar surface area (TPSA) is 110 Å². The maximum absolute atomic E-state index is 13.0. The number of allylic oxidation sites excluding steroid dienone is 1. The van der Waals surface area contributed by atoms with Crippen LogP contribution in [-0.2, 0) is 19.1 Å². The molecule has 0 amide bonds. The molecule has 0 aromatic carbocycles. The van der Waals surface area contributed by atoms with Gasteiger partial charge in [-0.25, -0.2) is 4.79 Å². The SMILES string of the molecule is C=CCC(C)[C@H](OC(=O)OCC(Cl)(Cl)Cl)C(C)C(=O)C(C)(C)C(O)CC(=O)O. The molecule has 0 aliphatic rings. The third-order valence-corrected chi connectivity index (χ3v) is 4.76. The number of hydrogen-bond acceptors (Lipinski definition) is 6. The Morgan fingerprint density at radius 1 is 1.18 bits per heavy atom. The highest BCUT2D eigenvalue weighted by Crippen LogP contribution is 2.33. The first-order valence-corrected chi connectivity index (χ1v) is 9.72. The number of ketones is 1. The zero-order chi connectivity index (χ0) is 22.3. The van der Waals surface area contributed by atoms with Crippen LogP contribution >= 0.6 is 34.8 Å². The summed E-state index contributed by atoms with van der Waals surface area (Å²) in [4.78, 5) is 35.8. The molecular weight excluding hydrogens is 435 g/mol. The third kappa shape index (κ3) is 8.99. The number of aliphatic hydroxyl groups is 1. The van der Waals surface area contributed by atoms with Crippen molar-refractivity contribution in [2.45, 2.75) is 56.5 Å². The fraction of sp³-hybridized carbons (Fsp3) is 0.722. The molecule has 3 unspecified atom stereocenters. The number of carboxylic acid groups (broad SMARTS) is 1. The average molecular weight is 462 g/mol. The van der Waals surface area contributed by atoms with E-state index in [0.29, 0.717) is 6.42 Å². The summed E-state index contributed by atoms with van der Waals surface area (Å²) in [6.45, 7) is 9.25. The van der Waals surface area contributed by atoms with Gasteiger partial charge in [0.1, 0.15) is 18.5 Å². The molecule has 0 saturated carbocycles. The van der Waals surface area contributed by atoms with Gasteiger partial charge in [-0.05, 0) is 12.3 Å². The maximum atomic E-state index is 13.0. The second-order valence-corrected chi connectivity index (χ2v) is 9.74. The van der Waals surface area contributed by atoms with Gasteiger partial charge in [-0.2, -0.15) is 0 Å². The molecule has 0 radical (unpaired) electrons. The molecule has 0 bridgehead atoms. The van der Waals surface area contributed by atoms with E-state index in [1.165, 1.54) is 20.8 Å². The summed E-state index contributed by atoms with van der Waals surface area (Å²) in [6, 6.07) is 0. The lowest BCUT2D eigenvalue weighted by Gasteiger charge is -2.35. The summed E-state index contributed by atoms with van der Waals surface area (Å²) >= 11 is 16.6. The summed E-state index contributed by atoms with van der Waals surface area (Å²) in [5.41, 5.74) is -1.38. The van der Waals surface area contributed by atoms with Gasteiger partial charge >= 0.3 is 12.1 Å². The first-order valence-electron chi connectivity index (χ1n) is 8.58. The van der Waals surface area contributed by atoms with E-state index in [0.717, 1.165) is 0 Å². The van der Waals surface area contributed by atoms with E-state index in [1.54, 1.807) is 13.0 Å². The Morgan fingerprint density at radius 3 is 2.14 bits per heavy atom. The van der Waals surface area contributed by atoms with Crippen LogP contribution in [-0.4, -0.2) is 50.7 Å². The molecular formula is C18H27Cl3O7. The van der Waals surface area contributed by atoms with Crippen molar-refractivity contribution in [3.05, 3.63) is 12.7 Å². The quantitative estimate of drug-likeness (QED) is 0.270. The number of halogens is 3. The molecule has 4 atom stereocenters. The lowest BCUT2D eigenvalue weighted by Crippen LogP contribution is -2.46. The molecule has 28 heavy (non-hydrogen) atoms. The van der Waals surface area contributed by atoms with E-state index < -0.39 is 58.3 Å². The average Bonchev–Trinajstić information content (AvgIpc) is 2.55. The Kier molecular flexibility index (Phi) is 10.8. The fourth-order valence-corrected chi connectivity index (χ4v) is 2.88. The van der Waals surface area contributed by atoms with E-state index >= 15 is 0 Å². The minimum absolute atomic E-state index is 0.316. The molecule has 0 aromatic heterocycles. The molecule has 2 N–H and O–H groups in total. The number of aliphatic carboxylic acids is 1. The van der Waals surface area contributed by atoms with Crippen LogP contribution in [0.5, 0.6) is 0 Å². The summed E-state index contributed by atoms with van der Waals surface area (Å²) in [5.74, 6) is -2.88. The Hall–Kier alpha value is -1.02. The summed E-state index contributed by atoms with van der Waals surface area (Å²) in [5, 5.41) is 19.0. The highest BCUT2D eigenvalue weighted by Gasteiger charge is 2.43. The van der Waals surface area contributed by atoms with Crippen LogP contribution in [0.25, 0.3) is 0 Å². The monoisotopic (exact) mass is 460 g/mol. The second kappa shape index (κ2) is 11.2. The van der Waals surface area contributed by atoms with Gasteiger partial charge in [-0.3, -0.25) is 9.59 Å². The Bertz CT molecular complexity index is 572. The van der Waals surface area contributed by atoms with Crippen molar-refractivity contribution < 1.29 is 34.1 Å². The van der Waals surface area contributed by atoms with Crippen molar-refractivity contribution in [3.8, 4) is 0 Å². The van der Waals surface area contributed by atoms with Crippen LogP contribution < -0.4 is 0 Å². The maximum Gasteiger partial charge on any atom is 0.508 e. The van der Waals surface area contributed by atoms with Gasteiger partial charge in [0.25, 0.3) is 0 Å². The molecule has 0 aliphatic carbocycles. The number of carbonyl (C=O) groups is 3. The summed E-state index contributed by atoms with van der Waals surface area (Å²) < 4.78 is 8.24. The first kappa shape index (κ1) is 27.0. The molecule has 0 aliphatic heterocycles. The van der Waals surface area contributed by atoms with Gasteiger partial charge in [0.2, 0.25) is 3.79 Å². The van der Waals surface area contributed by atoms with Crippen LogP contribution in [0.4, 0.5) is 4.79 Å². The van der Waals surface area contributed by atoms with Crippen LogP contribution in [0.2, 0.25) is 0 Å². The number of carboxylic acids is 1. The number of rotatable bonds is 11. The van der Waals surface area contributed by atoms with Crippen molar-refractivity contribution >= 4 is 52.7 Å². The molecule has 162 valence electrons. The van der Waals surface area contributed by atoms with Crippen LogP contribution in [0.1, 0.15) is 40.5 Å². The minimum atomic E-state index is -1.81. The van der Waals surface area contributed by atoms with Gasteiger partial charge in [0, 0.05) is 0 Å². The zero-order valence-corrected chi connectivity index (χ0v) is 18.6. The molecule has 0 fully saturated rings. The largest absolute Gasteiger partial charge is 0.508 e. The van der Waals surface area contributed by atoms with E-state index in [1.807, 2.05) is 0 Å². The standard InChI is InChI=1S/C18H27Cl3O7/c1-6-7-10(2)14(28-16(26)27-9-18(19,20)21)11(3)15(25)17(4,5)12(22)8-13(23)24/h6,10-12,14,22H,1,7-9H2,2-5H3,(H,23,24)/t10?,11?,12?,14-/m0/s1. The smallest absolute Gasteiger partial charge is 0.481 e. The number of carbonyl (C=O) groups excluding carboxylic acids is 2. The first-order chi connectivity index (χ1) is 12.6. The molecule has 10 heteroatoms. The van der Waals surface area contributed by atoms with Gasteiger partial charge in [0.15, 0.2) is 0 Å². The number of alkyl halides is 3. The summed E-state index contributed by atoms with van der Waals surface area (Å²) in [6.07, 6.45) is -2.01. The Morgan fingerprint density at radius 2 is 1.71 bits per heavy atom. The third-order valence-electron chi connectivity index (χ3n) is 4.43. The van der Waals surface area contributed by atoms with E-state index in [9.17, 15) is 19.5 Å². The lowest BCUT2D eigenvalue weighted by atomic mass is 9.73. The second-order valence-electron chi connectivity index (χ2n) is 7.23. The number of aliphatic hydroxyl groups excluding tert-OH is 1. The predicted molar refractivity (Wildman–Crippen MR) is 107 cm³/mol. The van der Waals surface area contributed by atoms with Gasteiger partial charge in [0.05, 0.1) is 23.9 Å². The zero-order valence-electron chi connectivity index (χ0n) is 16.3. The van der Waals surface area contributed by atoms with Gasteiger partial charge < -0.3 is 19.7 Å². The van der Waals surface area contributed by atoms with Crippen molar-refractivity contribution in [3.63, 3.8) is 0 Å². The van der Waals surface area contributed by atoms with Crippen molar-refractivity contribution in [1.82, 2.24) is 0 Å². The van der Waals surface area contributed by atoms with Crippen molar-refractivity contribution in [1.29, 1.82) is 0 Å². The van der Waals surface area contributed by atoms with Crippen LogP contribution in [0.3, 0.4) is 0 Å². The fourth-order valence-electron chi connectivity index (χ4n) is 2.71. The normalized spacial score (nSPS) is 16.4. The van der Waals surface area contributed by atoms with Crippen molar-refractivity contribution in [2.75, 3.05) is 6.61 Å². The highest BCUT2D eigenvalue weighted by molar-refractivity contribution is 6.67.